The van der Waals surface area contributed by atoms with Crippen LogP contribution in [-0.2, 0) is 19.6 Å². The summed E-state index contributed by atoms with van der Waals surface area (Å²) >= 11 is 1.30. The van der Waals surface area contributed by atoms with Gasteiger partial charge < -0.3 is 10.1 Å². The third kappa shape index (κ3) is 5.04. The van der Waals surface area contributed by atoms with Gasteiger partial charge in [-0.15, -0.1) is 0 Å². The minimum Gasteiger partial charge on any atom is -0.379 e. The molecule has 0 radical (unpaired) electrons. The van der Waals surface area contributed by atoms with Gasteiger partial charge in [-0.1, -0.05) is 37.5 Å². The Labute approximate surface area is 163 Å². The van der Waals surface area contributed by atoms with Gasteiger partial charge in [-0.2, -0.15) is 4.31 Å². The summed E-state index contributed by atoms with van der Waals surface area (Å²) in [4.78, 5) is 16.7. The molecule has 2 heterocycles. The van der Waals surface area contributed by atoms with Gasteiger partial charge >= 0.3 is 0 Å². The Morgan fingerprint density at radius 3 is 2.78 bits per heavy atom. The SMILES string of the molecule is CCCCCCC(=O)Nc1nc2ccc(S(=O)(=O)N3CCOCC3)cc2s1. The molecule has 0 aliphatic carbocycles. The summed E-state index contributed by atoms with van der Waals surface area (Å²) in [6, 6.07) is 4.90. The van der Waals surface area contributed by atoms with Crippen LogP contribution in [0.2, 0.25) is 0 Å². The Bertz CT molecular complexity index is 889. The van der Waals surface area contributed by atoms with E-state index in [1.54, 1.807) is 18.2 Å². The van der Waals surface area contributed by atoms with Crippen LogP contribution in [0.15, 0.2) is 23.1 Å². The lowest BCUT2D eigenvalue weighted by Gasteiger charge is -2.25. The first-order chi connectivity index (χ1) is 13.0. The van der Waals surface area contributed by atoms with E-state index in [4.69, 9.17) is 4.74 Å². The summed E-state index contributed by atoms with van der Waals surface area (Å²) in [5.74, 6) is -0.0497. The zero-order valence-electron chi connectivity index (χ0n) is 15.4. The zero-order valence-corrected chi connectivity index (χ0v) is 17.1. The highest BCUT2D eigenvalue weighted by Crippen LogP contribution is 2.29. The van der Waals surface area contributed by atoms with E-state index in [2.05, 4.69) is 17.2 Å². The van der Waals surface area contributed by atoms with Crippen LogP contribution >= 0.6 is 11.3 Å². The fraction of sp³-hybridized carbons (Fsp3) is 0.556. The summed E-state index contributed by atoms with van der Waals surface area (Å²) in [5.41, 5.74) is 0.683. The summed E-state index contributed by atoms with van der Waals surface area (Å²) in [6.45, 7) is 3.69. The number of morpholine rings is 1. The van der Waals surface area contributed by atoms with Crippen LogP contribution in [0.1, 0.15) is 39.0 Å². The average molecular weight is 412 g/mol. The summed E-state index contributed by atoms with van der Waals surface area (Å²) in [7, 11) is -3.54. The molecule has 1 aromatic heterocycles. The smallest absolute Gasteiger partial charge is 0.243 e. The van der Waals surface area contributed by atoms with E-state index < -0.39 is 10.0 Å². The van der Waals surface area contributed by atoms with Gasteiger partial charge in [-0.05, 0) is 24.6 Å². The van der Waals surface area contributed by atoms with E-state index in [-0.39, 0.29) is 10.8 Å². The number of anilines is 1. The van der Waals surface area contributed by atoms with Gasteiger partial charge in [0, 0.05) is 19.5 Å². The predicted molar refractivity (Wildman–Crippen MR) is 107 cm³/mol. The number of ether oxygens (including phenoxy) is 1. The maximum atomic E-state index is 12.8. The van der Waals surface area contributed by atoms with Crippen molar-refractivity contribution in [3.63, 3.8) is 0 Å². The van der Waals surface area contributed by atoms with Crippen LogP contribution in [0.3, 0.4) is 0 Å². The number of carbonyl (C=O) groups excluding carboxylic acids is 1. The van der Waals surface area contributed by atoms with Crippen molar-refractivity contribution in [2.75, 3.05) is 31.6 Å². The van der Waals surface area contributed by atoms with Gasteiger partial charge in [0.1, 0.15) is 0 Å². The number of amides is 1. The average Bonchev–Trinajstić information content (AvgIpc) is 3.07. The normalized spacial score (nSPS) is 15.9. The molecule has 1 aliphatic heterocycles. The van der Waals surface area contributed by atoms with E-state index >= 15 is 0 Å². The molecule has 1 aliphatic rings. The van der Waals surface area contributed by atoms with Crippen molar-refractivity contribution in [1.82, 2.24) is 9.29 Å². The van der Waals surface area contributed by atoms with E-state index in [0.29, 0.717) is 43.4 Å². The number of nitrogens with zero attached hydrogens (tertiary/aromatic N) is 2. The highest BCUT2D eigenvalue weighted by atomic mass is 32.2. The van der Waals surface area contributed by atoms with Gasteiger partial charge in [0.2, 0.25) is 15.9 Å². The van der Waals surface area contributed by atoms with Crippen LogP contribution in [0.5, 0.6) is 0 Å². The van der Waals surface area contributed by atoms with E-state index in [1.165, 1.54) is 15.6 Å². The molecule has 3 rings (SSSR count). The first kappa shape index (κ1) is 20.2. The Morgan fingerprint density at radius 1 is 1.26 bits per heavy atom. The number of hydrogen-bond acceptors (Lipinski definition) is 6. The number of hydrogen-bond donors (Lipinski definition) is 1. The molecule has 1 fully saturated rings. The molecule has 9 heteroatoms. The van der Waals surface area contributed by atoms with Crippen LogP contribution in [0.25, 0.3) is 10.2 Å². The van der Waals surface area contributed by atoms with Crippen LogP contribution in [0.4, 0.5) is 5.13 Å². The summed E-state index contributed by atoms with van der Waals surface area (Å²) in [5, 5.41) is 3.33. The lowest BCUT2D eigenvalue weighted by atomic mass is 10.1. The largest absolute Gasteiger partial charge is 0.379 e. The van der Waals surface area contributed by atoms with Crippen molar-refractivity contribution in [3.05, 3.63) is 18.2 Å². The van der Waals surface area contributed by atoms with E-state index in [0.717, 1.165) is 30.4 Å². The number of benzene rings is 1. The maximum absolute atomic E-state index is 12.8. The third-order valence-electron chi connectivity index (χ3n) is 4.47. The highest BCUT2D eigenvalue weighted by Gasteiger charge is 2.26. The number of sulfonamides is 1. The molecule has 0 bridgehead atoms. The second-order valence-electron chi connectivity index (χ2n) is 6.52. The minimum atomic E-state index is -3.54. The molecule has 0 spiro atoms. The lowest BCUT2D eigenvalue weighted by molar-refractivity contribution is -0.116. The molecule has 2 aromatic rings. The molecular formula is C18H25N3O4S2. The topological polar surface area (TPSA) is 88.6 Å². The highest BCUT2D eigenvalue weighted by molar-refractivity contribution is 7.89. The Hall–Kier alpha value is -1.55. The minimum absolute atomic E-state index is 0.0497. The molecule has 1 aromatic carbocycles. The van der Waals surface area contributed by atoms with Gasteiger partial charge in [-0.25, -0.2) is 13.4 Å². The van der Waals surface area contributed by atoms with Crippen LogP contribution < -0.4 is 5.32 Å². The van der Waals surface area contributed by atoms with Gasteiger partial charge in [0.25, 0.3) is 0 Å². The van der Waals surface area contributed by atoms with Crippen LogP contribution in [0, 0.1) is 0 Å². The van der Waals surface area contributed by atoms with E-state index in [9.17, 15) is 13.2 Å². The lowest BCUT2D eigenvalue weighted by Crippen LogP contribution is -2.40. The molecular weight excluding hydrogens is 386 g/mol. The third-order valence-corrected chi connectivity index (χ3v) is 7.30. The first-order valence-electron chi connectivity index (χ1n) is 9.29. The molecule has 7 nitrogen and oxygen atoms in total. The molecule has 0 unspecified atom stereocenters. The monoisotopic (exact) mass is 411 g/mol. The Kier molecular flexibility index (Phi) is 6.80. The predicted octanol–water partition coefficient (Wildman–Crippen LogP) is 3.23. The van der Waals surface area contributed by atoms with Gasteiger partial charge in [-0.3, -0.25) is 4.79 Å². The van der Waals surface area contributed by atoms with Crippen molar-refractivity contribution < 1.29 is 17.9 Å². The first-order valence-corrected chi connectivity index (χ1v) is 11.5. The fourth-order valence-electron chi connectivity index (χ4n) is 2.95. The zero-order chi connectivity index (χ0) is 19.3. The number of aromatic nitrogens is 1. The molecule has 148 valence electrons. The van der Waals surface area contributed by atoms with Crippen molar-refractivity contribution in [1.29, 1.82) is 0 Å². The number of rotatable bonds is 8. The molecule has 1 saturated heterocycles. The van der Waals surface area contributed by atoms with Gasteiger partial charge in [0.15, 0.2) is 5.13 Å². The molecule has 1 N–H and O–H groups in total. The summed E-state index contributed by atoms with van der Waals surface area (Å²) in [6.07, 6.45) is 4.66. The number of thiazole rings is 1. The number of fused-ring (bicyclic) bond motifs is 1. The summed E-state index contributed by atoms with van der Waals surface area (Å²) < 4.78 is 33.0. The van der Waals surface area contributed by atoms with E-state index in [1.807, 2.05) is 0 Å². The second-order valence-corrected chi connectivity index (χ2v) is 9.49. The molecule has 1 amide bonds. The fourth-order valence-corrected chi connectivity index (χ4v) is 5.38. The molecule has 0 atom stereocenters. The van der Waals surface area contributed by atoms with Crippen molar-refractivity contribution in [2.45, 2.75) is 43.9 Å². The number of unbranched alkanes of at least 4 members (excludes halogenated alkanes) is 3. The van der Waals surface area contributed by atoms with Crippen LogP contribution in [-0.4, -0.2) is 49.9 Å². The van der Waals surface area contributed by atoms with Gasteiger partial charge in [0.05, 0.1) is 28.3 Å². The quantitative estimate of drug-likeness (QED) is 0.674. The standard InChI is InChI=1S/C18H25N3O4S2/c1-2-3-4-5-6-17(22)20-18-19-15-8-7-14(13-16(15)26-18)27(23,24)21-9-11-25-12-10-21/h7-8,13H,2-6,9-12H2,1H3,(H,19,20,22). The Morgan fingerprint density at radius 2 is 2.04 bits per heavy atom. The number of nitrogens with one attached hydrogen (secondary N) is 1. The second kappa shape index (κ2) is 9.09. The molecule has 0 saturated carbocycles. The maximum Gasteiger partial charge on any atom is 0.243 e. The Balaban J connectivity index is 1.70. The van der Waals surface area contributed by atoms with Crippen molar-refractivity contribution >= 4 is 42.6 Å². The number of carbonyl (C=O) groups is 1. The van der Waals surface area contributed by atoms with Crippen molar-refractivity contribution in [2.24, 2.45) is 0 Å². The molecule has 27 heavy (non-hydrogen) atoms. The van der Waals surface area contributed by atoms with Crippen molar-refractivity contribution in [3.8, 4) is 0 Å².